The van der Waals surface area contributed by atoms with Crippen LogP contribution in [0.15, 0.2) is 79.8 Å². The third-order valence-corrected chi connectivity index (χ3v) is 10.6. The normalized spacial score (nSPS) is 16.2. The van der Waals surface area contributed by atoms with Gasteiger partial charge in [-0.15, -0.1) is 0 Å². The molecule has 7 rings (SSSR count). The minimum absolute atomic E-state index is 0. The predicted octanol–water partition coefficient (Wildman–Crippen LogP) is -1.69. The molecule has 358 valence electrons. The molecule has 0 radical (unpaired) electrons. The molecule has 25 nitrogen and oxygen atoms in total. The predicted molar refractivity (Wildman–Crippen MR) is 245 cm³/mol. The quantitative estimate of drug-likeness (QED) is 0.106. The van der Waals surface area contributed by atoms with Gasteiger partial charge in [0.2, 0.25) is 11.1 Å². The van der Waals surface area contributed by atoms with E-state index in [2.05, 4.69) is 21.3 Å². The van der Waals surface area contributed by atoms with E-state index in [1.807, 2.05) is 0 Å². The number of hydrogen-bond acceptors (Lipinski definition) is 15. The number of hydrogen-bond donors (Lipinski definition) is 5. The molecule has 6 amide bonds. The molecule has 7 heterocycles. The van der Waals surface area contributed by atoms with Gasteiger partial charge in [0.1, 0.15) is 33.9 Å². The Morgan fingerprint density at radius 3 is 1.44 bits per heavy atom. The fraction of sp³-hybridized carbons (Fsp3) is 0.381. The van der Waals surface area contributed by atoms with Gasteiger partial charge in [0.05, 0.1) is 0 Å². The van der Waals surface area contributed by atoms with Crippen LogP contribution < -0.4 is 49.2 Å². The fourth-order valence-corrected chi connectivity index (χ4v) is 7.01. The molecule has 3 aliphatic heterocycles. The van der Waals surface area contributed by atoms with Crippen molar-refractivity contribution in [2.24, 2.45) is 5.73 Å². The van der Waals surface area contributed by atoms with E-state index in [1.165, 1.54) is 21.9 Å². The van der Waals surface area contributed by atoms with Crippen molar-refractivity contribution in [1.29, 1.82) is 0 Å². The Balaban J connectivity index is 0.0000101. The summed E-state index contributed by atoms with van der Waals surface area (Å²) < 4.78 is -0.757. The molecule has 4 bridgehead atoms. The zero-order valence-electron chi connectivity index (χ0n) is 36.6. The molecule has 0 spiro atoms. The molecule has 6 N–H and O–H groups in total. The van der Waals surface area contributed by atoms with Crippen molar-refractivity contribution >= 4 is 73.2 Å². The first-order valence-electron chi connectivity index (χ1n) is 21.2. The summed E-state index contributed by atoms with van der Waals surface area (Å²) in [6.07, 6.45) is 1.48. The molecular weight excluding hydrogens is 923 g/mol. The Morgan fingerprint density at radius 1 is 0.544 bits per heavy atom. The van der Waals surface area contributed by atoms with Crippen molar-refractivity contribution < 1.29 is 28.8 Å². The summed E-state index contributed by atoms with van der Waals surface area (Å²) in [4.78, 5) is 132. The molecule has 0 saturated heterocycles. The van der Waals surface area contributed by atoms with E-state index in [9.17, 15) is 68.8 Å². The van der Waals surface area contributed by atoms with E-state index in [4.69, 9.17) is 5.73 Å². The number of unbranched alkanes of at least 4 members (excludes halogenated alkanes) is 1. The molecule has 0 saturated carbocycles. The van der Waals surface area contributed by atoms with Crippen molar-refractivity contribution in [2.45, 2.75) is 51.0 Å². The molecule has 1 atom stereocenters. The van der Waals surface area contributed by atoms with Crippen molar-refractivity contribution in [3.8, 4) is 0 Å². The van der Waals surface area contributed by atoms with Gasteiger partial charge in [0, 0.05) is 64.0 Å². The monoisotopic (exact) mass is 969 g/mol. The molecule has 4 aromatic rings. The number of nitrogens with zero attached hydrogens (tertiary/aromatic N) is 6. The zero-order chi connectivity index (χ0) is 48.8. The summed E-state index contributed by atoms with van der Waals surface area (Å²) in [6, 6.07) is 9.55. The van der Waals surface area contributed by atoms with E-state index >= 15 is 0 Å². The minimum Gasteiger partial charge on any atom is -0.803 e. The Bertz CT molecular complexity index is 2750. The van der Waals surface area contributed by atoms with Crippen LogP contribution in [0.5, 0.6) is 0 Å². The first kappa shape index (κ1) is 53.7. The summed E-state index contributed by atoms with van der Waals surface area (Å²) >= 11 is 0. The van der Waals surface area contributed by atoms with Gasteiger partial charge in [0.15, 0.2) is 0 Å². The molecule has 0 aromatic carbocycles. The van der Waals surface area contributed by atoms with Gasteiger partial charge in [-0.3, -0.25) is 47.9 Å². The van der Waals surface area contributed by atoms with Crippen molar-refractivity contribution in [2.75, 3.05) is 52.4 Å². The summed E-state index contributed by atoms with van der Waals surface area (Å²) in [7, 11) is 0. The van der Waals surface area contributed by atoms with E-state index in [-0.39, 0.29) is 141 Å². The smallest absolute Gasteiger partial charge is 0.803 e. The van der Waals surface area contributed by atoms with Crippen LogP contribution in [0, 0.1) is 20.8 Å². The van der Waals surface area contributed by atoms with E-state index in [0.717, 1.165) is 48.5 Å². The van der Waals surface area contributed by atoms with Gasteiger partial charge in [-0.2, -0.15) is 0 Å². The van der Waals surface area contributed by atoms with E-state index in [0.29, 0.717) is 12.8 Å². The SMILES string of the molecule is NCCCC[C@H]1CNC(=O)c2ccc(c(=O)n2[O-])C(=O)NCCCN(C(=O)c2cccc(=O)n2[O-])CCCCN(C(=O)c2cccc(=O)n2[O-])CCCNC(=O)c2ccc(n([O-])c2=O)C(=O)N1.[Ca+2]. The second kappa shape index (κ2) is 25.3. The summed E-state index contributed by atoms with van der Waals surface area (Å²) in [5.41, 5.74) is -2.78. The Kier molecular flexibility index (Phi) is 19.9. The summed E-state index contributed by atoms with van der Waals surface area (Å²) in [5.74, 6) is -5.78. The van der Waals surface area contributed by atoms with Gasteiger partial charge in [0.25, 0.3) is 46.6 Å². The number of fused-ring (bicyclic) bond motifs is 2. The standard InChI is InChI=1S/C42H47N11O14.Ca/c43-18-2-1-9-26-25-46-37(58)29-16-14-27(39(60)52(29)66)35(56)44-19-7-23-48(41(62)31-10-5-12-33(54)50(31)64)21-3-4-22-49(42(63)32-11-6-13-34(55)51(32)65)24-8-20-45-36(57)28-15-17-30(38(59)47-26)53(67)40(28)61;/h5-6,10-17,26H,1-4,7-9,18-25,43H2,(H,44,56)(H,45,57)(H,46,58)(H,47,59);/q-4;+2/t26-;/m0./s1. The number of rotatable bonds is 6. The van der Waals surface area contributed by atoms with Crippen LogP contribution in [-0.2, 0) is 0 Å². The van der Waals surface area contributed by atoms with Gasteiger partial charge < -0.3 is 76.6 Å². The van der Waals surface area contributed by atoms with Crippen LogP contribution in [-0.4, -0.2) is 160 Å². The molecule has 4 aromatic heterocycles. The van der Waals surface area contributed by atoms with Crippen LogP contribution in [0.1, 0.15) is 108 Å². The second-order valence-electron chi connectivity index (χ2n) is 15.2. The average Bonchev–Trinajstić information content (AvgIpc) is 3.30. The van der Waals surface area contributed by atoms with Crippen LogP contribution in [0.2, 0.25) is 0 Å². The Hall–Kier alpha value is -6.96. The maximum atomic E-state index is 13.6. The topological polar surface area (TPSA) is 363 Å². The van der Waals surface area contributed by atoms with E-state index in [1.54, 1.807) is 0 Å². The third-order valence-electron chi connectivity index (χ3n) is 10.6. The fourth-order valence-electron chi connectivity index (χ4n) is 7.01. The number of carbonyl (C=O) groups is 6. The second-order valence-corrected chi connectivity index (χ2v) is 15.2. The van der Waals surface area contributed by atoms with Crippen LogP contribution in [0.3, 0.4) is 0 Å². The van der Waals surface area contributed by atoms with Crippen LogP contribution in [0.25, 0.3) is 0 Å². The molecular formula is C42H47CaN11O14-2. The number of carbonyl (C=O) groups excluding carboxylic acids is 6. The molecule has 3 aliphatic rings. The van der Waals surface area contributed by atoms with Crippen LogP contribution in [0.4, 0.5) is 0 Å². The molecule has 0 aliphatic carbocycles. The van der Waals surface area contributed by atoms with Gasteiger partial charge in [-0.25, -0.2) is 0 Å². The number of nitrogens with two attached hydrogens (primary N) is 1. The third kappa shape index (κ3) is 13.4. The van der Waals surface area contributed by atoms with Gasteiger partial charge in [-0.1, -0.05) is 18.6 Å². The largest absolute Gasteiger partial charge is 2.00 e. The van der Waals surface area contributed by atoms with Crippen LogP contribution >= 0.6 is 0 Å². The number of amides is 6. The summed E-state index contributed by atoms with van der Waals surface area (Å²) in [6.45, 7) is -0.756. The van der Waals surface area contributed by atoms with Crippen molar-refractivity contribution in [3.05, 3.63) is 157 Å². The molecule has 0 unspecified atom stereocenters. The average molecular weight is 970 g/mol. The zero-order valence-corrected chi connectivity index (χ0v) is 38.8. The maximum Gasteiger partial charge on any atom is 2.00 e. The Labute approximate surface area is 415 Å². The van der Waals surface area contributed by atoms with E-state index < -0.39 is 97.6 Å². The number of aromatic nitrogens is 4. The maximum absolute atomic E-state index is 13.6. The minimum atomic E-state index is -1.38. The molecule has 0 fully saturated rings. The van der Waals surface area contributed by atoms with Gasteiger partial charge >= 0.3 is 37.7 Å². The molecule has 68 heavy (non-hydrogen) atoms. The summed E-state index contributed by atoms with van der Waals surface area (Å²) in [5, 5.41) is 61.0. The molecule has 26 heteroatoms. The first-order valence-corrected chi connectivity index (χ1v) is 21.2. The van der Waals surface area contributed by atoms with Gasteiger partial charge in [-0.05, 0) is 81.5 Å². The number of nitrogens with one attached hydrogen (secondary N) is 4. The van der Waals surface area contributed by atoms with Crippen molar-refractivity contribution in [1.82, 2.24) is 50.0 Å². The van der Waals surface area contributed by atoms with Crippen molar-refractivity contribution in [3.63, 3.8) is 0 Å². The first-order chi connectivity index (χ1) is 32.0. The Morgan fingerprint density at radius 2 is 0.985 bits per heavy atom. The number of pyridine rings is 4.